The van der Waals surface area contributed by atoms with E-state index >= 15 is 0 Å². The van der Waals surface area contributed by atoms with Gasteiger partial charge in [0.25, 0.3) is 10.2 Å². The minimum Gasteiger partial charge on any atom is -0.481 e. The van der Waals surface area contributed by atoms with Crippen LogP contribution in [-0.4, -0.2) is 54.3 Å². The molecule has 3 unspecified atom stereocenters. The molecule has 0 aromatic carbocycles. The molecule has 0 aromatic rings. The average Bonchev–Trinajstić information content (AvgIpc) is 2.46. The highest BCUT2D eigenvalue weighted by Crippen LogP contribution is 2.30. The van der Waals surface area contributed by atoms with Gasteiger partial charge in [-0.2, -0.15) is 17.0 Å². The first-order valence-corrected chi connectivity index (χ1v) is 9.18. The summed E-state index contributed by atoms with van der Waals surface area (Å²) in [6, 6.07) is 0.0453. The van der Waals surface area contributed by atoms with Crippen LogP contribution in [0.15, 0.2) is 0 Å². The Morgan fingerprint density at radius 1 is 1.24 bits per heavy atom. The van der Waals surface area contributed by atoms with Gasteiger partial charge in [0.1, 0.15) is 0 Å². The predicted molar refractivity (Wildman–Crippen MR) is 80.0 cm³/mol. The lowest BCUT2D eigenvalue weighted by Gasteiger charge is -2.38. The number of hydrogen-bond donors (Lipinski definition) is 1. The van der Waals surface area contributed by atoms with Crippen LogP contribution in [0.4, 0.5) is 0 Å². The molecule has 1 saturated heterocycles. The SMILES string of the molecule is CC1CCCC(N(C)S(=O)(=O)N2CCCC(C(=O)O)C2)C1. The number of piperidine rings is 1. The molecule has 1 N–H and O–H groups in total. The van der Waals surface area contributed by atoms with Gasteiger partial charge >= 0.3 is 5.97 Å². The number of hydrogen-bond acceptors (Lipinski definition) is 3. The number of carboxylic acid groups (broad SMARTS) is 1. The molecule has 2 fully saturated rings. The summed E-state index contributed by atoms with van der Waals surface area (Å²) in [5.41, 5.74) is 0. The lowest BCUT2D eigenvalue weighted by molar-refractivity contribution is -0.142. The monoisotopic (exact) mass is 318 g/mol. The topological polar surface area (TPSA) is 77.9 Å². The number of rotatable bonds is 4. The Kier molecular flexibility index (Phi) is 5.27. The molecule has 0 bridgehead atoms. The molecule has 0 spiro atoms. The van der Waals surface area contributed by atoms with E-state index < -0.39 is 22.1 Å². The minimum atomic E-state index is -3.55. The summed E-state index contributed by atoms with van der Waals surface area (Å²) < 4.78 is 28.3. The second-order valence-corrected chi connectivity index (χ2v) is 8.47. The van der Waals surface area contributed by atoms with Crippen molar-refractivity contribution >= 4 is 16.2 Å². The number of aliphatic carboxylic acids is 1. The van der Waals surface area contributed by atoms with Crippen LogP contribution in [0.5, 0.6) is 0 Å². The second-order valence-electron chi connectivity index (χ2n) is 6.48. The quantitative estimate of drug-likeness (QED) is 0.853. The largest absolute Gasteiger partial charge is 0.481 e. The third kappa shape index (κ3) is 3.76. The van der Waals surface area contributed by atoms with E-state index in [4.69, 9.17) is 5.11 Å². The fraction of sp³-hybridized carbons (Fsp3) is 0.929. The van der Waals surface area contributed by atoms with Crippen LogP contribution in [0, 0.1) is 11.8 Å². The van der Waals surface area contributed by atoms with Crippen molar-refractivity contribution in [2.45, 2.75) is 51.5 Å². The van der Waals surface area contributed by atoms with E-state index in [0.29, 0.717) is 25.3 Å². The highest BCUT2D eigenvalue weighted by atomic mass is 32.2. The molecular weight excluding hydrogens is 292 g/mol. The molecule has 1 heterocycles. The molecule has 0 aromatic heterocycles. The first kappa shape index (κ1) is 16.7. The summed E-state index contributed by atoms with van der Waals surface area (Å²) in [5.74, 6) is -0.925. The van der Waals surface area contributed by atoms with E-state index in [9.17, 15) is 13.2 Å². The zero-order valence-corrected chi connectivity index (χ0v) is 13.7. The Balaban J connectivity index is 2.07. The molecule has 21 heavy (non-hydrogen) atoms. The molecule has 0 radical (unpaired) electrons. The molecule has 1 saturated carbocycles. The molecule has 1 aliphatic carbocycles. The van der Waals surface area contributed by atoms with Gasteiger partial charge in [-0.05, 0) is 31.6 Å². The van der Waals surface area contributed by atoms with Gasteiger partial charge in [0.15, 0.2) is 0 Å². The molecule has 7 heteroatoms. The van der Waals surface area contributed by atoms with E-state index in [1.54, 1.807) is 7.05 Å². The van der Waals surface area contributed by atoms with Gasteiger partial charge in [-0.3, -0.25) is 4.79 Å². The van der Waals surface area contributed by atoms with Crippen LogP contribution in [-0.2, 0) is 15.0 Å². The van der Waals surface area contributed by atoms with E-state index in [-0.39, 0.29) is 12.6 Å². The summed E-state index contributed by atoms with van der Waals surface area (Å²) in [7, 11) is -1.91. The zero-order chi connectivity index (χ0) is 15.6. The molecule has 122 valence electrons. The highest BCUT2D eigenvalue weighted by molar-refractivity contribution is 7.86. The lowest BCUT2D eigenvalue weighted by atomic mass is 9.87. The first-order valence-electron chi connectivity index (χ1n) is 7.78. The molecular formula is C14H26N2O4S. The van der Waals surface area contributed by atoms with Crippen molar-refractivity contribution in [2.75, 3.05) is 20.1 Å². The molecule has 2 rings (SSSR count). The smallest absolute Gasteiger partial charge is 0.307 e. The van der Waals surface area contributed by atoms with Gasteiger partial charge in [0, 0.05) is 26.2 Å². The van der Waals surface area contributed by atoms with Crippen molar-refractivity contribution in [3.05, 3.63) is 0 Å². The maximum atomic E-state index is 12.7. The van der Waals surface area contributed by atoms with Crippen LogP contribution < -0.4 is 0 Å². The minimum absolute atomic E-state index is 0.0453. The van der Waals surface area contributed by atoms with E-state index in [0.717, 1.165) is 25.7 Å². The van der Waals surface area contributed by atoms with Gasteiger partial charge in [-0.25, -0.2) is 0 Å². The van der Waals surface area contributed by atoms with Crippen molar-refractivity contribution in [1.82, 2.24) is 8.61 Å². The van der Waals surface area contributed by atoms with Crippen LogP contribution in [0.25, 0.3) is 0 Å². The maximum Gasteiger partial charge on any atom is 0.307 e. The number of carbonyl (C=O) groups is 1. The number of nitrogens with zero attached hydrogens (tertiary/aromatic N) is 2. The average molecular weight is 318 g/mol. The highest BCUT2D eigenvalue weighted by Gasteiger charge is 2.37. The van der Waals surface area contributed by atoms with E-state index in [1.165, 1.54) is 8.61 Å². The summed E-state index contributed by atoms with van der Waals surface area (Å²) >= 11 is 0. The Bertz CT molecular complexity index is 479. The van der Waals surface area contributed by atoms with Crippen molar-refractivity contribution in [1.29, 1.82) is 0 Å². The standard InChI is InChI=1S/C14H26N2O4S/c1-11-5-3-7-13(9-11)15(2)21(19,20)16-8-4-6-12(10-16)14(17)18/h11-13H,3-10H2,1-2H3,(H,17,18). The summed E-state index contributed by atoms with van der Waals surface area (Å²) in [6.07, 6.45) is 5.19. The van der Waals surface area contributed by atoms with E-state index in [2.05, 4.69) is 6.92 Å². The van der Waals surface area contributed by atoms with Gasteiger partial charge in [-0.15, -0.1) is 0 Å². The Morgan fingerprint density at radius 2 is 1.95 bits per heavy atom. The predicted octanol–water partition coefficient (Wildman–Crippen LogP) is 1.54. The van der Waals surface area contributed by atoms with Crippen molar-refractivity contribution in [3.8, 4) is 0 Å². The van der Waals surface area contributed by atoms with Gasteiger partial charge in [-0.1, -0.05) is 19.8 Å². The number of carboxylic acids is 1. The van der Waals surface area contributed by atoms with Crippen molar-refractivity contribution in [2.24, 2.45) is 11.8 Å². The first-order chi connectivity index (χ1) is 9.82. The van der Waals surface area contributed by atoms with Crippen LogP contribution in [0.3, 0.4) is 0 Å². The summed E-state index contributed by atoms with van der Waals surface area (Å²) in [5, 5.41) is 9.11. The second kappa shape index (κ2) is 6.62. The van der Waals surface area contributed by atoms with E-state index in [1.807, 2.05) is 0 Å². The van der Waals surface area contributed by atoms with Gasteiger partial charge < -0.3 is 5.11 Å². The lowest BCUT2D eigenvalue weighted by Crippen LogP contribution is -2.51. The van der Waals surface area contributed by atoms with Gasteiger partial charge in [0.05, 0.1) is 5.92 Å². The Labute approximate surface area is 127 Å². The summed E-state index contributed by atoms with van der Waals surface area (Å²) in [6.45, 7) is 2.69. The molecule has 3 atom stereocenters. The molecule has 1 aliphatic heterocycles. The third-order valence-corrected chi connectivity index (χ3v) is 6.86. The normalized spacial score (nSPS) is 32.2. The Hall–Kier alpha value is -0.660. The summed E-state index contributed by atoms with van der Waals surface area (Å²) in [4.78, 5) is 11.1. The van der Waals surface area contributed by atoms with Crippen molar-refractivity contribution < 1.29 is 18.3 Å². The fourth-order valence-corrected chi connectivity index (χ4v) is 5.12. The fourth-order valence-electron chi connectivity index (χ4n) is 3.46. The zero-order valence-electron chi connectivity index (χ0n) is 12.9. The van der Waals surface area contributed by atoms with Crippen molar-refractivity contribution in [3.63, 3.8) is 0 Å². The molecule has 0 amide bonds. The third-order valence-electron chi connectivity index (χ3n) is 4.85. The maximum absolute atomic E-state index is 12.7. The molecule has 2 aliphatic rings. The van der Waals surface area contributed by atoms with Crippen LogP contribution in [0.1, 0.15) is 45.4 Å². The van der Waals surface area contributed by atoms with Crippen LogP contribution in [0.2, 0.25) is 0 Å². The molecule has 6 nitrogen and oxygen atoms in total. The van der Waals surface area contributed by atoms with Crippen LogP contribution >= 0.6 is 0 Å². The van der Waals surface area contributed by atoms with Gasteiger partial charge in [0.2, 0.25) is 0 Å². The Morgan fingerprint density at radius 3 is 2.57 bits per heavy atom.